The predicted molar refractivity (Wildman–Crippen MR) is 99.5 cm³/mol. The first kappa shape index (κ1) is 21.4. The van der Waals surface area contributed by atoms with Crippen molar-refractivity contribution in [3.8, 4) is 11.1 Å². The highest BCUT2D eigenvalue weighted by atomic mass is 19.4. The van der Waals surface area contributed by atoms with Crippen LogP contribution in [0.4, 0.5) is 26.3 Å². The molecular weight excluding hydrogens is 408 g/mol. The molecule has 0 aliphatic rings. The Morgan fingerprint density at radius 1 is 0.733 bits per heavy atom. The van der Waals surface area contributed by atoms with Crippen molar-refractivity contribution in [3.63, 3.8) is 0 Å². The predicted octanol–water partition coefficient (Wildman–Crippen LogP) is 6.32. The minimum absolute atomic E-state index is 0.135. The summed E-state index contributed by atoms with van der Waals surface area (Å²) in [5, 5.41) is 2.55. The van der Waals surface area contributed by atoms with Gasteiger partial charge in [-0.1, -0.05) is 42.5 Å². The fourth-order valence-electron chi connectivity index (χ4n) is 2.91. The van der Waals surface area contributed by atoms with Gasteiger partial charge in [0.15, 0.2) is 0 Å². The molecule has 0 saturated carbocycles. The third-order valence-electron chi connectivity index (χ3n) is 4.40. The molecule has 30 heavy (non-hydrogen) atoms. The van der Waals surface area contributed by atoms with Crippen LogP contribution >= 0.6 is 0 Å². The van der Waals surface area contributed by atoms with E-state index in [9.17, 15) is 31.1 Å². The van der Waals surface area contributed by atoms with Crippen molar-refractivity contribution in [3.05, 3.63) is 95.1 Å². The lowest BCUT2D eigenvalue weighted by Gasteiger charge is -2.13. The molecule has 1 amide bonds. The first-order valence-corrected chi connectivity index (χ1v) is 8.77. The second kappa shape index (κ2) is 8.22. The smallest absolute Gasteiger partial charge is 0.348 e. The molecule has 156 valence electrons. The maximum atomic E-state index is 12.8. The molecule has 0 spiro atoms. The number of carbonyl (C=O) groups is 1. The van der Waals surface area contributed by atoms with Crippen molar-refractivity contribution in [1.82, 2.24) is 5.32 Å². The first-order valence-electron chi connectivity index (χ1n) is 8.77. The summed E-state index contributed by atoms with van der Waals surface area (Å²) >= 11 is 0. The van der Waals surface area contributed by atoms with E-state index in [2.05, 4.69) is 5.32 Å². The van der Waals surface area contributed by atoms with Gasteiger partial charge in [0.1, 0.15) is 0 Å². The molecule has 0 heterocycles. The molecule has 0 aliphatic carbocycles. The maximum absolute atomic E-state index is 12.8. The molecular formula is C22H15F6NO. The molecule has 0 atom stereocenters. The molecule has 0 unspecified atom stereocenters. The molecule has 0 aliphatic heterocycles. The molecule has 0 fully saturated rings. The number of halogens is 6. The minimum atomic E-state index is -4.49. The van der Waals surface area contributed by atoms with E-state index in [-0.39, 0.29) is 17.7 Å². The van der Waals surface area contributed by atoms with E-state index >= 15 is 0 Å². The van der Waals surface area contributed by atoms with E-state index in [1.807, 2.05) is 0 Å². The molecule has 0 aromatic heterocycles. The van der Waals surface area contributed by atoms with Gasteiger partial charge in [-0.3, -0.25) is 4.79 Å². The van der Waals surface area contributed by atoms with Gasteiger partial charge in [0.2, 0.25) is 0 Å². The van der Waals surface area contributed by atoms with Crippen molar-refractivity contribution in [1.29, 1.82) is 0 Å². The van der Waals surface area contributed by atoms with Crippen molar-refractivity contribution in [2.45, 2.75) is 18.9 Å². The summed E-state index contributed by atoms with van der Waals surface area (Å²) in [5.74, 6) is -0.553. The fourth-order valence-corrected chi connectivity index (χ4v) is 2.91. The Labute approximate surface area is 168 Å². The molecule has 0 bridgehead atoms. The van der Waals surface area contributed by atoms with Crippen LogP contribution < -0.4 is 5.32 Å². The lowest BCUT2D eigenvalue weighted by molar-refractivity contribution is -0.138. The molecule has 0 saturated heterocycles. The summed E-state index contributed by atoms with van der Waals surface area (Å²) in [6.07, 6.45) is -8.96. The average Bonchev–Trinajstić information content (AvgIpc) is 2.71. The highest BCUT2D eigenvalue weighted by Crippen LogP contribution is 2.32. The lowest BCUT2D eigenvalue weighted by Crippen LogP contribution is -2.23. The molecule has 3 aromatic carbocycles. The summed E-state index contributed by atoms with van der Waals surface area (Å²) in [6.45, 7) is -0.135. The van der Waals surface area contributed by atoms with Crippen LogP contribution in [0.3, 0.4) is 0 Å². The lowest BCUT2D eigenvalue weighted by atomic mass is 9.98. The number of carbonyl (C=O) groups excluding carboxylic acids is 1. The third-order valence-corrected chi connectivity index (χ3v) is 4.40. The van der Waals surface area contributed by atoms with E-state index < -0.39 is 29.4 Å². The highest BCUT2D eigenvalue weighted by Gasteiger charge is 2.31. The molecule has 3 aromatic rings. The fraction of sp³-hybridized carbons (Fsp3) is 0.136. The van der Waals surface area contributed by atoms with Crippen LogP contribution in [-0.4, -0.2) is 5.91 Å². The Kier molecular flexibility index (Phi) is 5.87. The van der Waals surface area contributed by atoms with E-state index in [1.165, 1.54) is 30.3 Å². The Bertz CT molecular complexity index is 1040. The number of amides is 1. The van der Waals surface area contributed by atoms with Gasteiger partial charge in [-0.15, -0.1) is 0 Å². The topological polar surface area (TPSA) is 29.1 Å². The number of hydrogen-bond acceptors (Lipinski definition) is 1. The summed E-state index contributed by atoms with van der Waals surface area (Å²) < 4.78 is 76.7. The van der Waals surface area contributed by atoms with Crippen LogP contribution in [-0.2, 0) is 18.9 Å². The maximum Gasteiger partial charge on any atom is 0.416 e. The van der Waals surface area contributed by atoms with E-state index in [1.54, 1.807) is 18.2 Å². The zero-order valence-electron chi connectivity index (χ0n) is 15.3. The largest absolute Gasteiger partial charge is 0.416 e. The molecule has 8 heteroatoms. The van der Waals surface area contributed by atoms with E-state index in [0.717, 1.165) is 24.3 Å². The van der Waals surface area contributed by atoms with Crippen LogP contribution in [0.25, 0.3) is 11.1 Å². The number of benzene rings is 3. The van der Waals surface area contributed by atoms with Crippen molar-refractivity contribution < 1.29 is 31.1 Å². The van der Waals surface area contributed by atoms with E-state index in [4.69, 9.17) is 0 Å². The van der Waals surface area contributed by atoms with Crippen molar-refractivity contribution in [2.75, 3.05) is 0 Å². The highest BCUT2D eigenvalue weighted by molar-refractivity contribution is 6.00. The first-order chi connectivity index (χ1) is 14.1. The molecule has 2 nitrogen and oxygen atoms in total. The summed E-state index contributed by atoms with van der Waals surface area (Å²) in [4.78, 5) is 12.6. The Hall–Kier alpha value is -3.29. The van der Waals surface area contributed by atoms with Crippen LogP contribution in [0.1, 0.15) is 27.0 Å². The van der Waals surface area contributed by atoms with Crippen LogP contribution in [0.15, 0.2) is 72.8 Å². The summed E-state index contributed by atoms with van der Waals surface area (Å²) in [5.41, 5.74) is -0.341. The van der Waals surface area contributed by atoms with Gasteiger partial charge in [-0.05, 0) is 47.0 Å². The average molecular weight is 423 g/mol. The Balaban J connectivity index is 1.80. The van der Waals surface area contributed by atoms with Gasteiger partial charge >= 0.3 is 12.4 Å². The van der Waals surface area contributed by atoms with Gasteiger partial charge in [0.25, 0.3) is 5.91 Å². The summed E-state index contributed by atoms with van der Waals surface area (Å²) in [6, 6.07) is 15.3. The van der Waals surface area contributed by atoms with Crippen molar-refractivity contribution in [2.24, 2.45) is 0 Å². The number of alkyl halides is 6. The Morgan fingerprint density at radius 2 is 1.37 bits per heavy atom. The van der Waals surface area contributed by atoms with E-state index in [0.29, 0.717) is 11.1 Å². The summed E-state index contributed by atoms with van der Waals surface area (Å²) in [7, 11) is 0. The standard InChI is InChI=1S/C22H15F6NO/c23-21(24,25)16-10-8-15(9-11-16)18-6-1-2-7-19(18)20(30)29-13-14-4-3-5-17(12-14)22(26,27)28/h1-12H,13H2,(H,29,30). The zero-order chi connectivity index (χ0) is 21.9. The SMILES string of the molecule is O=C(NCc1cccc(C(F)(F)F)c1)c1ccccc1-c1ccc(C(F)(F)F)cc1. The van der Waals surface area contributed by atoms with Gasteiger partial charge in [0, 0.05) is 12.1 Å². The Morgan fingerprint density at radius 3 is 2.00 bits per heavy atom. The minimum Gasteiger partial charge on any atom is -0.348 e. The van der Waals surface area contributed by atoms with Gasteiger partial charge in [-0.25, -0.2) is 0 Å². The second-order valence-corrected chi connectivity index (χ2v) is 6.50. The van der Waals surface area contributed by atoms with Crippen LogP contribution in [0.5, 0.6) is 0 Å². The number of hydrogen-bond donors (Lipinski definition) is 1. The third kappa shape index (κ3) is 5.00. The monoisotopic (exact) mass is 423 g/mol. The molecule has 1 N–H and O–H groups in total. The number of nitrogens with one attached hydrogen (secondary N) is 1. The molecule has 3 rings (SSSR count). The zero-order valence-corrected chi connectivity index (χ0v) is 15.3. The quantitative estimate of drug-likeness (QED) is 0.489. The van der Waals surface area contributed by atoms with Crippen molar-refractivity contribution >= 4 is 5.91 Å². The van der Waals surface area contributed by atoms with Gasteiger partial charge in [-0.2, -0.15) is 26.3 Å². The number of rotatable bonds is 4. The van der Waals surface area contributed by atoms with Gasteiger partial charge in [0.05, 0.1) is 11.1 Å². The normalized spacial score (nSPS) is 11.9. The molecule has 0 radical (unpaired) electrons. The van der Waals surface area contributed by atoms with Crippen LogP contribution in [0.2, 0.25) is 0 Å². The van der Waals surface area contributed by atoms with Gasteiger partial charge < -0.3 is 5.32 Å². The second-order valence-electron chi connectivity index (χ2n) is 6.50. The van der Waals surface area contributed by atoms with Crippen LogP contribution in [0, 0.1) is 0 Å².